The van der Waals surface area contributed by atoms with Crippen LogP contribution in [0.1, 0.15) is 5.82 Å². The Labute approximate surface area is 103 Å². The smallest absolute Gasteiger partial charge is 0.176 e. The van der Waals surface area contributed by atoms with Gasteiger partial charge in [0, 0.05) is 12.5 Å². The zero-order valence-corrected chi connectivity index (χ0v) is 9.74. The summed E-state index contributed by atoms with van der Waals surface area (Å²) < 4.78 is 11.0. The summed E-state index contributed by atoms with van der Waals surface area (Å²) in [5.41, 5.74) is 6.23. The maximum absolute atomic E-state index is 5.51. The van der Waals surface area contributed by atoms with Gasteiger partial charge in [0.1, 0.15) is 13.2 Å². The SMILES string of the molecule is NCCc1nnn(-c2ccc3c(c2)OCCO3)n1. The molecule has 1 aromatic heterocycles. The first-order valence-electron chi connectivity index (χ1n) is 5.76. The molecule has 7 heteroatoms. The fraction of sp³-hybridized carbons (Fsp3) is 0.364. The van der Waals surface area contributed by atoms with Crippen LogP contribution in [-0.2, 0) is 6.42 Å². The second kappa shape index (κ2) is 4.61. The van der Waals surface area contributed by atoms with Crippen molar-refractivity contribution in [2.24, 2.45) is 5.73 Å². The molecular weight excluding hydrogens is 234 g/mol. The second-order valence-electron chi connectivity index (χ2n) is 3.86. The third-order valence-corrected chi connectivity index (χ3v) is 2.58. The predicted molar refractivity (Wildman–Crippen MR) is 62.9 cm³/mol. The highest BCUT2D eigenvalue weighted by Crippen LogP contribution is 2.31. The van der Waals surface area contributed by atoms with Crippen molar-refractivity contribution in [2.75, 3.05) is 19.8 Å². The second-order valence-corrected chi connectivity index (χ2v) is 3.86. The molecule has 1 aromatic carbocycles. The zero-order chi connectivity index (χ0) is 12.4. The summed E-state index contributed by atoms with van der Waals surface area (Å²) in [4.78, 5) is 1.46. The molecule has 2 heterocycles. The number of tetrazole rings is 1. The quantitative estimate of drug-likeness (QED) is 0.817. The zero-order valence-electron chi connectivity index (χ0n) is 9.74. The number of hydrogen-bond donors (Lipinski definition) is 1. The van der Waals surface area contributed by atoms with Gasteiger partial charge in [-0.1, -0.05) is 0 Å². The number of ether oxygens (including phenoxy) is 2. The number of benzene rings is 1. The Morgan fingerprint density at radius 3 is 2.89 bits per heavy atom. The number of fused-ring (bicyclic) bond motifs is 1. The van der Waals surface area contributed by atoms with Gasteiger partial charge >= 0.3 is 0 Å². The predicted octanol–water partition coefficient (Wildman–Crippen LogP) is -0.0653. The van der Waals surface area contributed by atoms with E-state index in [-0.39, 0.29) is 0 Å². The van der Waals surface area contributed by atoms with Crippen molar-refractivity contribution in [3.8, 4) is 17.2 Å². The molecule has 0 aliphatic carbocycles. The molecule has 0 spiro atoms. The molecule has 0 bridgehead atoms. The molecule has 94 valence electrons. The highest BCUT2D eigenvalue weighted by atomic mass is 16.6. The maximum Gasteiger partial charge on any atom is 0.176 e. The average Bonchev–Trinajstić information content (AvgIpc) is 2.87. The number of nitrogens with two attached hydrogens (primary N) is 1. The first-order chi connectivity index (χ1) is 8.86. The Morgan fingerprint density at radius 1 is 1.22 bits per heavy atom. The number of rotatable bonds is 3. The van der Waals surface area contributed by atoms with Gasteiger partial charge in [-0.15, -0.1) is 15.0 Å². The summed E-state index contributed by atoms with van der Waals surface area (Å²) in [5, 5.41) is 12.1. The third kappa shape index (κ3) is 2.00. The highest BCUT2D eigenvalue weighted by Gasteiger charge is 2.13. The Bertz CT molecular complexity index is 554. The van der Waals surface area contributed by atoms with Crippen LogP contribution in [0.4, 0.5) is 0 Å². The largest absolute Gasteiger partial charge is 0.486 e. The molecule has 0 radical (unpaired) electrons. The first kappa shape index (κ1) is 11.0. The lowest BCUT2D eigenvalue weighted by atomic mass is 10.2. The summed E-state index contributed by atoms with van der Waals surface area (Å²) in [6.45, 7) is 1.64. The number of nitrogens with zero attached hydrogens (tertiary/aromatic N) is 4. The van der Waals surface area contributed by atoms with Crippen LogP contribution in [0.15, 0.2) is 18.2 Å². The van der Waals surface area contributed by atoms with Crippen molar-refractivity contribution in [1.29, 1.82) is 0 Å². The van der Waals surface area contributed by atoms with Crippen LogP contribution in [0.25, 0.3) is 5.69 Å². The Morgan fingerprint density at radius 2 is 2.06 bits per heavy atom. The van der Waals surface area contributed by atoms with Gasteiger partial charge in [0.2, 0.25) is 0 Å². The topological polar surface area (TPSA) is 88.1 Å². The molecule has 1 aliphatic rings. The van der Waals surface area contributed by atoms with Crippen LogP contribution in [0.3, 0.4) is 0 Å². The summed E-state index contributed by atoms with van der Waals surface area (Å²) in [6, 6.07) is 5.54. The molecule has 3 rings (SSSR count). The molecule has 18 heavy (non-hydrogen) atoms. The lowest BCUT2D eigenvalue weighted by Crippen LogP contribution is -2.15. The molecule has 1 aliphatic heterocycles. The summed E-state index contributed by atoms with van der Waals surface area (Å²) >= 11 is 0. The summed E-state index contributed by atoms with van der Waals surface area (Å²) in [6.07, 6.45) is 0.616. The molecule has 0 amide bonds. The van der Waals surface area contributed by atoms with Gasteiger partial charge in [0.15, 0.2) is 17.3 Å². The minimum atomic E-state index is 0.507. The molecule has 2 aromatic rings. The summed E-state index contributed by atoms with van der Waals surface area (Å²) in [5.74, 6) is 2.08. The van der Waals surface area contributed by atoms with Crippen molar-refractivity contribution in [3.63, 3.8) is 0 Å². The lowest BCUT2D eigenvalue weighted by Gasteiger charge is -2.18. The van der Waals surface area contributed by atoms with Crippen LogP contribution in [0.5, 0.6) is 11.5 Å². The van der Waals surface area contributed by atoms with E-state index in [1.807, 2.05) is 18.2 Å². The van der Waals surface area contributed by atoms with E-state index in [1.165, 1.54) is 4.80 Å². The Hall–Kier alpha value is -2.15. The highest BCUT2D eigenvalue weighted by molar-refractivity contribution is 5.48. The van der Waals surface area contributed by atoms with E-state index in [2.05, 4.69) is 15.4 Å². The Balaban J connectivity index is 1.91. The fourth-order valence-corrected chi connectivity index (χ4v) is 1.74. The van der Waals surface area contributed by atoms with E-state index in [0.29, 0.717) is 37.8 Å². The number of aromatic nitrogens is 4. The van der Waals surface area contributed by atoms with Crippen LogP contribution in [0, 0.1) is 0 Å². The maximum atomic E-state index is 5.51. The molecule has 0 unspecified atom stereocenters. The van der Waals surface area contributed by atoms with Gasteiger partial charge in [-0.25, -0.2) is 0 Å². The molecule has 0 saturated carbocycles. The Kier molecular flexibility index (Phi) is 2.81. The minimum Gasteiger partial charge on any atom is -0.486 e. The van der Waals surface area contributed by atoms with E-state index in [4.69, 9.17) is 15.2 Å². The van der Waals surface area contributed by atoms with E-state index in [0.717, 1.165) is 11.4 Å². The van der Waals surface area contributed by atoms with Crippen LogP contribution >= 0.6 is 0 Å². The number of hydrogen-bond acceptors (Lipinski definition) is 6. The van der Waals surface area contributed by atoms with Gasteiger partial charge in [-0.3, -0.25) is 0 Å². The molecule has 7 nitrogen and oxygen atoms in total. The van der Waals surface area contributed by atoms with Crippen molar-refractivity contribution >= 4 is 0 Å². The van der Waals surface area contributed by atoms with Crippen molar-refractivity contribution < 1.29 is 9.47 Å². The minimum absolute atomic E-state index is 0.507. The van der Waals surface area contributed by atoms with Crippen molar-refractivity contribution in [3.05, 3.63) is 24.0 Å². The fourth-order valence-electron chi connectivity index (χ4n) is 1.74. The monoisotopic (exact) mass is 247 g/mol. The molecule has 2 N–H and O–H groups in total. The van der Waals surface area contributed by atoms with Gasteiger partial charge in [0.05, 0.1) is 5.69 Å². The molecular formula is C11H13N5O2. The molecule has 0 saturated heterocycles. The summed E-state index contributed by atoms with van der Waals surface area (Å²) in [7, 11) is 0. The van der Waals surface area contributed by atoms with E-state index < -0.39 is 0 Å². The lowest BCUT2D eigenvalue weighted by molar-refractivity contribution is 0.171. The van der Waals surface area contributed by atoms with Gasteiger partial charge in [-0.2, -0.15) is 0 Å². The van der Waals surface area contributed by atoms with E-state index in [9.17, 15) is 0 Å². The van der Waals surface area contributed by atoms with Gasteiger partial charge in [0.25, 0.3) is 0 Å². The first-order valence-corrected chi connectivity index (χ1v) is 5.76. The average molecular weight is 247 g/mol. The van der Waals surface area contributed by atoms with Crippen LogP contribution in [0.2, 0.25) is 0 Å². The molecule has 0 fully saturated rings. The molecule has 0 atom stereocenters. The van der Waals surface area contributed by atoms with Crippen molar-refractivity contribution in [1.82, 2.24) is 20.2 Å². The third-order valence-electron chi connectivity index (χ3n) is 2.58. The van der Waals surface area contributed by atoms with Gasteiger partial charge in [-0.05, 0) is 23.9 Å². The van der Waals surface area contributed by atoms with Crippen LogP contribution in [-0.4, -0.2) is 40.0 Å². The van der Waals surface area contributed by atoms with Crippen molar-refractivity contribution in [2.45, 2.75) is 6.42 Å². The van der Waals surface area contributed by atoms with E-state index in [1.54, 1.807) is 0 Å². The standard InChI is InChI=1S/C11H13N5O2/c12-4-3-11-13-15-16(14-11)8-1-2-9-10(7-8)18-6-5-17-9/h1-2,7H,3-6,12H2. The van der Waals surface area contributed by atoms with Gasteiger partial charge < -0.3 is 15.2 Å². The van der Waals surface area contributed by atoms with E-state index >= 15 is 0 Å². The normalized spacial score (nSPS) is 13.6. The van der Waals surface area contributed by atoms with Crippen LogP contribution < -0.4 is 15.2 Å².